The monoisotopic (exact) mass is 444 g/mol. The number of nitrogens with two attached hydrogens (primary N) is 1. The van der Waals surface area contributed by atoms with Gasteiger partial charge >= 0.3 is 0 Å². The largest absolute Gasteiger partial charge is 0.485 e. The summed E-state index contributed by atoms with van der Waals surface area (Å²) in [6, 6.07) is 24.5. The third kappa shape index (κ3) is 6.59. The maximum Gasteiger partial charge on any atom is 0.240 e. The van der Waals surface area contributed by atoms with E-state index in [-0.39, 0.29) is 18.2 Å². The first-order valence-corrected chi connectivity index (χ1v) is 11.1. The average Bonchev–Trinajstić information content (AvgIpc) is 3.68. The summed E-state index contributed by atoms with van der Waals surface area (Å²) in [5.41, 5.74) is 8.46. The lowest BCUT2D eigenvalue weighted by Crippen LogP contribution is -2.46. The van der Waals surface area contributed by atoms with E-state index in [1.807, 2.05) is 78.9 Å². The molecule has 0 aromatic heterocycles. The summed E-state index contributed by atoms with van der Waals surface area (Å²) < 4.78 is 12.1. The van der Waals surface area contributed by atoms with Crippen LogP contribution in [0.15, 0.2) is 78.9 Å². The van der Waals surface area contributed by atoms with E-state index in [4.69, 9.17) is 15.2 Å². The van der Waals surface area contributed by atoms with Crippen LogP contribution < -0.4 is 20.5 Å². The molecule has 3 aromatic rings. The molecule has 1 aliphatic rings. The molecule has 3 aromatic carbocycles. The van der Waals surface area contributed by atoms with Crippen molar-refractivity contribution in [1.82, 2.24) is 5.32 Å². The highest BCUT2D eigenvalue weighted by Gasteiger charge is 2.32. The summed E-state index contributed by atoms with van der Waals surface area (Å²) in [6.45, 7) is 0.785. The normalized spacial score (nSPS) is 13.7. The van der Waals surface area contributed by atoms with Gasteiger partial charge in [0.2, 0.25) is 11.8 Å². The molecule has 2 amide bonds. The summed E-state index contributed by atoms with van der Waals surface area (Å²) in [6.07, 6.45) is 2.01. The number of amides is 2. The Hall–Kier alpha value is -3.80. The number of nitrogens with one attached hydrogen (secondary N) is 1. The predicted octanol–water partition coefficient (Wildman–Crippen LogP) is 3.77. The van der Waals surface area contributed by atoms with Crippen LogP contribution in [0.2, 0.25) is 0 Å². The minimum absolute atomic E-state index is 0.00498. The van der Waals surface area contributed by atoms with Gasteiger partial charge in [0.1, 0.15) is 19.3 Å². The van der Waals surface area contributed by atoms with Crippen molar-refractivity contribution >= 4 is 11.8 Å². The maximum absolute atomic E-state index is 12.1. The minimum Gasteiger partial charge on any atom is -0.485 e. The number of carbonyl (C=O) groups is 2. The Morgan fingerprint density at radius 3 is 1.94 bits per heavy atom. The van der Waals surface area contributed by atoms with E-state index in [2.05, 4.69) is 5.32 Å². The molecule has 0 saturated heterocycles. The molecule has 0 radical (unpaired) electrons. The lowest BCUT2D eigenvalue weighted by molar-refractivity contribution is -0.128. The van der Waals surface area contributed by atoms with Crippen molar-refractivity contribution in [2.75, 3.05) is 0 Å². The highest BCUT2D eigenvalue weighted by molar-refractivity contribution is 5.88. The maximum atomic E-state index is 12.1. The molecule has 0 heterocycles. The van der Waals surface area contributed by atoms with Crippen molar-refractivity contribution in [3.8, 4) is 11.5 Å². The number of benzene rings is 3. The first-order valence-electron chi connectivity index (χ1n) is 11.1. The fourth-order valence-corrected chi connectivity index (χ4v) is 3.48. The molecule has 33 heavy (non-hydrogen) atoms. The van der Waals surface area contributed by atoms with Crippen LogP contribution in [0.4, 0.5) is 0 Å². The van der Waals surface area contributed by atoms with E-state index >= 15 is 0 Å². The molecule has 4 rings (SSSR count). The summed E-state index contributed by atoms with van der Waals surface area (Å²) >= 11 is 0. The van der Waals surface area contributed by atoms with Crippen LogP contribution in [0.5, 0.6) is 11.5 Å². The van der Waals surface area contributed by atoms with Gasteiger partial charge in [-0.1, -0.05) is 66.7 Å². The van der Waals surface area contributed by atoms with Crippen LogP contribution in [-0.4, -0.2) is 17.9 Å². The Labute approximate surface area is 193 Å². The Kier molecular flexibility index (Phi) is 7.25. The van der Waals surface area contributed by atoms with Gasteiger partial charge in [-0.3, -0.25) is 9.59 Å². The van der Waals surface area contributed by atoms with Gasteiger partial charge in [0, 0.05) is 12.3 Å². The highest BCUT2D eigenvalue weighted by atomic mass is 16.5. The first kappa shape index (κ1) is 22.4. The third-order valence-corrected chi connectivity index (χ3v) is 5.53. The van der Waals surface area contributed by atoms with E-state index < -0.39 is 11.9 Å². The second-order valence-corrected chi connectivity index (χ2v) is 8.27. The smallest absolute Gasteiger partial charge is 0.240 e. The fraction of sp³-hybridized carbons (Fsp3) is 0.259. The van der Waals surface area contributed by atoms with Gasteiger partial charge in [0.25, 0.3) is 0 Å². The van der Waals surface area contributed by atoms with Crippen molar-refractivity contribution in [2.45, 2.75) is 38.5 Å². The van der Waals surface area contributed by atoms with Gasteiger partial charge < -0.3 is 20.5 Å². The van der Waals surface area contributed by atoms with Crippen LogP contribution in [0.3, 0.4) is 0 Å². The lowest BCUT2D eigenvalue weighted by atomic mass is 10.0. The summed E-state index contributed by atoms with van der Waals surface area (Å²) in [7, 11) is 0. The molecule has 0 spiro atoms. The number of ether oxygens (including phenoxy) is 2. The van der Waals surface area contributed by atoms with Crippen LogP contribution in [0, 0.1) is 5.92 Å². The minimum atomic E-state index is -0.767. The summed E-state index contributed by atoms with van der Waals surface area (Å²) in [5, 5.41) is 2.78. The highest BCUT2D eigenvalue weighted by Crippen LogP contribution is 2.31. The zero-order chi connectivity index (χ0) is 23.0. The van der Waals surface area contributed by atoms with Crippen LogP contribution in [-0.2, 0) is 29.2 Å². The second-order valence-electron chi connectivity index (χ2n) is 8.27. The number of carbonyl (C=O) groups excluding carboxylic acids is 2. The number of rotatable bonds is 11. The fourth-order valence-electron chi connectivity index (χ4n) is 3.48. The average molecular weight is 445 g/mol. The quantitative estimate of drug-likeness (QED) is 0.471. The molecule has 0 bridgehead atoms. The molecule has 0 unspecified atom stereocenters. The van der Waals surface area contributed by atoms with E-state index in [1.54, 1.807) is 0 Å². The molecule has 170 valence electrons. The topological polar surface area (TPSA) is 90.7 Å². The van der Waals surface area contributed by atoms with Gasteiger partial charge in [-0.25, -0.2) is 0 Å². The van der Waals surface area contributed by atoms with Crippen molar-refractivity contribution in [3.63, 3.8) is 0 Å². The number of hydrogen-bond donors (Lipinski definition) is 2. The van der Waals surface area contributed by atoms with Gasteiger partial charge in [0.15, 0.2) is 11.5 Å². The van der Waals surface area contributed by atoms with Crippen LogP contribution in [0.25, 0.3) is 0 Å². The Morgan fingerprint density at radius 1 is 0.818 bits per heavy atom. The van der Waals surface area contributed by atoms with Gasteiger partial charge in [0.05, 0.1) is 0 Å². The lowest BCUT2D eigenvalue weighted by Gasteiger charge is -2.18. The molecule has 1 saturated carbocycles. The second kappa shape index (κ2) is 10.7. The molecule has 3 N–H and O–H groups in total. The molecular formula is C27H28N2O4. The van der Waals surface area contributed by atoms with Crippen molar-refractivity contribution in [2.24, 2.45) is 11.7 Å². The van der Waals surface area contributed by atoms with Gasteiger partial charge in [-0.05, 0) is 41.7 Å². The summed E-state index contributed by atoms with van der Waals surface area (Å²) in [4.78, 5) is 24.1. The van der Waals surface area contributed by atoms with E-state index in [1.165, 1.54) is 0 Å². The summed E-state index contributed by atoms with van der Waals surface area (Å²) in [5.74, 6) is 0.521. The number of primary amides is 1. The first-order chi connectivity index (χ1) is 16.1. The third-order valence-electron chi connectivity index (χ3n) is 5.53. The van der Waals surface area contributed by atoms with E-state index in [0.29, 0.717) is 24.7 Å². The predicted molar refractivity (Wildman–Crippen MR) is 126 cm³/mol. The SMILES string of the molecule is NC(=O)[C@@H](Cc1ccc(OCc2ccccc2)c(OCc2ccccc2)c1)NC(=O)C1CC1. The van der Waals surface area contributed by atoms with Crippen molar-refractivity contribution < 1.29 is 19.1 Å². The Bertz CT molecular complexity index is 1080. The Balaban J connectivity index is 1.50. The molecule has 1 fully saturated rings. The zero-order valence-corrected chi connectivity index (χ0v) is 18.4. The van der Waals surface area contributed by atoms with Crippen molar-refractivity contribution in [1.29, 1.82) is 0 Å². The molecule has 0 aliphatic heterocycles. The van der Waals surface area contributed by atoms with Crippen molar-refractivity contribution in [3.05, 3.63) is 95.6 Å². The molecule has 1 atom stereocenters. The molecule has 1 aliphatic carbocycles. The van der Waals surface area contributed by atoms with Crippen LogP contribution in [0.1, 0.15) is 29.5 Å². The van der Waals surface area contributed by atoms with Gasteiger partial charge in [-0.2, -0.15) is 0 Å². The van der Waals surface area contributed by atoms with Gasteiger partial charge in [-0.15, -0.1) is 0 Å². The van der Waals surface area contributed by atoms with E-state index in [0.717, 1.165) is 29.5 Å². The molecule has 6 heteroatoms. The molecule has 6 nitrogen and oxygen atoms in total. The zero-order valence-electron chi connectivity index (χ0n) is 18.4. The Morgan fingerprint density at radius 2 is 1.39 bits per heavy atom. The molecular weight excluding hydrogens is 416 g/mol. The van der Waals surface area contributed by atoms with Crippen LogP contribution >= 0.6 is 0 Å². The standard InChI is InChI=1S/C27H28N2O4/c28-26(30)23(29-27(31)22-12-13-22)15-21-11-14-24(32-17-19-7-3-1-4-8-19)25(16-21)33-18-20-9-5-2-6-10-20/h1-11,14,16,22-23H,12-13,15,17-18H2,(H2,28,30)(H,29,31)/t23-/m1/s1. The van der Waals surface area contributed by atoms with E-state index in [9.17, 15) is 9.59 Å². The number of hydrogen-bond acceptors (Lipinski definition) is 4.